The molecule has 0 unspecified atom stereocenters. The normalized spacial score (nSPS) is 9.60. The van der Waals surface area contributed by atoms with Gasteiger partial charge >= 0.3 is 5.97 Å². The van der Waals surface area contributed by atoms with Crippen LogP contribution in [-0.2, 0) is 9.59 Å². The molecule has 1 rings (SSSR count). The summed E-state index contributed by atoms with van der Waals surface area (Å²) in [6, 6.07) is 8.53. The molecule has 1 aromatic rings. The molecule has 1 amide bonds. The van der Waals surface area contributed by atoms with E-state index in [0.717, 1.165) is 0 Å². The van der Waals surface area contributed by atoms with Crippen LogP contribution in [0.1, 0.15) is 18.9 Å². The van der Waals surface area contributed by atoms with Gasteiger partial charge in [-0.15, -0.1) is 0 Å². The third-order valence-electron chi connectivity index (χ3n) is 2.53. The lowest BCUT2D eigenvalue weighted by atomic mass is 10.2. The second-order valence-electron chi connectivity index (χ2n) is 4.11. The lowest BCUT2D eigenvalue weighted by Crippen LogP contribution is -2.39. The highest BCUT2D eigenvalue weighted by Gasteiger charge is 2.16. The molecule has 0 saturated heterocycles. The Labute approximate surface area is 117 Å². The van der Waals surface area contributed by atoms with E-state index in [2.05, 4.69) is 0 Å². The van der Waals surface area contributed by atoms with Crippen LogP contribution >= 0.6 is 0 Å². The fourth-order valence-electron chi connectivity index (χ4n) is 1.64. The maximum absolute atomic E-state index is 11.9. The minimum atomic E-state index is -1.07. The van der Waals surface area contributed by atoms with Crippen molar-refractivity contribution < 1.29 is 19.4 Å². The smallest absolute Gasteiger partial charge is 0.323 e. The quantitative estimate of drug-likeness (QED) is 0.809. The van der Waals surface area contributed by atoms with Gasteiger partial charge in [0.25, 0.3) is 5.91 Å². The molecule has 0 aliphatic heterocycles. The van der Waals surface area contributed by atoms with Crippen LogP contribution in [0.15, 0.2) is 24.3 Å². The zero-order valence-corrected chi connectivity index (χ0v) is 11.2. The van der Waals surface area contributed by atoms with Crippen molar-refractivity contribution in [3.63, 3.8) is 0 Å². The third kappa shape index (κ3) is 4.61. The van der Waals surface area contributed by atoms with E-state index in [1.807, 2.05) is 13.0 Å². The van der Waals surface area contributed by atoms with Gasteiger partial charge in [0.15, 0.2) is 6.61 Å². The molecule has 0 aliphatic rings. The molecule has 6 heteroatoms. The largest absolute Gasteiger partial charge is 0.482 e. The van der Waals surface area contributed by atoms with E-state index in [1.165, 1.54) is 4.90 Å². The fourth-order valence-corrected chi connectivity index (χ4v) is 1.64. The Morgan fingerprint density at radius 3 is 2.70 bits per heavy atom. The summed E-state index contributed by atoms with van der Waals surface area (Å²) in [6.07, 6.45) is 0.661. The maximum atomic E-state index is 11.9. The molecule has 0 spiro atoms. The number of amides is 1. The number of nitrogens with zero attached hydrogens (tertiary/aromatic N) is 2. The Morgan fingerprint density at radius 1 is 1.40 bits per heavy atom. The van der Waals surface area contributed by atoms with Crippen molar-refractivity contribution in [3.8, 4) is 11.8 Å². The molecule has 0 radical (unpaired) electrons. The predicted molar refractivity (Wildman–Crippen MR) is 71.2 cm³/mol. The molecule has 0 saturated carbocycles. The Morgan fingerprint density at radius 2 is 2.10 bits per heavy atom. The van der Waals surface area contributed by atoms with Crippen LogP contribution in [-0.4, -0.2) is 41.6 Å². The highest BCUT2D eigenvalue weighted by atomic mass is 16.5. The van der Waals surface area contributed by atoms with Crippen molar-refractivity contribution >= 4 is 11.9 Å². The fraction of sp³-hybridized carbons (Fsp3) is 0.357. The summed E-state index contributed by atoms with van der Waals surface area (Å²) in [6.45, 7) is 1.57. The summed E-state index contributed by atoms with van der Waals surface area (Å²) in [5.74, 6) is -1.17. The van der Waals surface area contributed by atoms with Crippen LogP contribution in [0, 0.1) is 11.3 Å². The SMILES string of the molecule is CCCN(CC(=O)O)C(=O)COc1ccccc1C#N. The number of benzene rings is 1. The van der Waals surface area contributed by atoms with E-state index in [1.54, 1.807) is 24.3 Å². The summed E-state index contributed by atoms with van der Waals surface area (Å²) >= 11 is 0. The van der Waals surface area contributed by atoms with Gasteiger partial charge in [0, 0.05) is 6.54 Å². The number of carbonyl (C=O) groups excluding carboxylic acids is 1. The van der Waals surface area contributed by atoms with E-state index in [0.29, 0.717) is 24.3 Å². The number of ether oxygens (including phenoxy) is 1. The highest BCUT2D eigenvalue weighted by Crippen LogP contribution is 2.16. The van der Waals surface area contributed by atoms with Crippen molar-refractivity contribution in [2.45, 2.75) is 13.3 Å². The molecule has 106 valence electrons. The topological polar surface area (TPSA) is 90.6 Å². The van der Waals surface area contributed by atoms with Crippen molar-refractivity contribution in [1.82, 2.24) is 4.90 Å². The monoisotopic (exact) mass is 276 g/mol. The number of carbonyl (C=O) groups is 2. The number of carboxylic acid groups (broad SMARTS) is 1. The molecule has 0 heterocycles. The lowest BCUT2D eigenvalue weighted by Gasteiger charge is -2.20. The summed E-state index contributed by atoms with van der Waals surface area (Å²) in [5, 5.41) is 17.6. The molecule has 20 heavy (non-hydrogen) atoms. The van der Waals surface area contributed by atoms with Gasteiger partial charge in [-0.2, -0.15) is 5.26 Å². The molecular weight excluding hydrogens is 260 g/mol. The number of para-hydroxylation sites is 1. The van der Waals surface area contributed by atoms with Gasteiger partial charge in [0.2, 0.25) is 0 Å². The average Bonchev–Trinajstić information content (AvgIpc) is 2.44. The second kappa shape index (κ2) is 7.79. The first-order valence-electron chi connectivity index (χ1n) is 6.20. The molecule has 0 fully saturated rings. The number of hydrogen-bond donors (Lipinski definition) is 1. The molecule has 1 aromatic carbocycles. The molecular formula is C14H16N2O4. The summed E-state index contributed by atoms with van der Waals surface area (Å²) < 4.78 is 5.29. The lowest BCUT2D eigenvalue weighted by molar-refractivity contribution is -0.145. The van der Waals surface area contributed by atoms with Crippen molar-refractivity contribution in [1.29, 1.82) is 5.26 Å². The van der Waals surface area contributed by atoms with Crippen LogP contribution in [0.4, 0.5) is 0 Å². The van der Waals surface area contributed by atoms with Crippen molar-refractivity contribution in [2.24, 2.45) is 0 Å². The number of hydrogen-bond acceptors (Lipinski definition) is 4. The van der Waals surface area contributed by atoms with Gasteiger partial charge in [0.1, 0.15) is 18.4 Å². The third-order valence-corrected chi connectivity index (χ3v) is 2.53. The average molecular weight is 276 g/mol. The first-order chi connectivity index (χ1) is 9.58. The number of nitriles is 1. The Kier molecular flexibility index (Phi) is 6.04. The highest BCUT2D eigenvalue weighted by molar-refractivity contribution is 5.82. The van der Waals surface area contributed by atoms with Crippen LogP contribution in [0.25, 0.3) is 0 Å². The van der Waals surface area contributed by atoms with Gasteiger partial charge < -0.3 is 14.7 Å². The van der Waals surface area contributed by atoms with Gasteiger partial charge in [-0.05, 0) is 18.6 Å². The van der Waals surface area contributed by atoms with E-state index in [9.17, 15) is 9.59 Å². The van der Waals surface area contributed by atoms with E-state index in [4.69, 9.17) is 15.1 Å². The summed E-state index contributed by atoms with van der Waals surface area (Å²) in [4.78, 5) is 23.8. The number of rotatable bonds is 7. The van der Waals surface area contributed by atoms with Gasteiger partial charge in [0.05, 0.1) is 5.56 Å². The van der Waals surface area contributed by atoms with E-state index < -0.39 is 11.9 Å². The summed E-state index contributed by atoms with van der Waals surface area (Å²) in [5.41, 5.74) is 0.334. The maximum Gasteiger partial charge on any atom is 0.323 e. The molecule has 6 nitrogen and oxygen atoms in total. The molecule has 1 N–H and O–H groups in total. The number of aliphatic carboxylic acids is 1. The zero-order chi connectivity index (χ0) is 15.0. The molecule has 0 aromatic heterocycles. The first-order valence-corrected chi connectivity index (χ1v) is 6.20. The predicted octanol–water partition coefficient (Wildman–Crippen LogP) is 1.26. The Bertz CT molecular complexity index is 522. The Balaban J connectivity index is 2.65. The van der Waals surface area contributed by atoms with Gasteiger partial charge in [-0.3, -0.25) is 9.59 Å². The van der Waals surface area contributed by atoms with Crippen LogP contribution in [0.5, 0.6) is 5.75 Å². The zero-order valence-electron chi connectivity index (χ0n) is 11.2. The van der Waals surface area contributed by atoms with Crippen LogP contribution in [0.3, 0.4) is 0 Å². The molecule has 0 aliphatic carbocycles. The number of carboxylic acids is 1. The Hall–Kier alpha value is -2.55. The molecule has 0 atom stereocenters. The molecule has 0 bridgehead atoms. The van der Waals surface area contributed by atoms with E-state index in [-0.39, 0.29) is 13.2 Å². The van der Waals surface area contributed by atoms with Crippen LogP contribution < -0.4 is 4.74 Å². The van der Waals surface area contributed by atoms with Crippen molar-refractivity contribution in [3.05, 3.63) is 29.8 Å². The standard InChI is InChI=1S/C14H16N2O4/c1-2-7-16(9-14(18)19)13(17)10-20-12-6-4-3-5-11(12)8-15/h3-6H,2,7,9-10H2,1H3,(H,18,19). The minimum absolute atomic E-state index is 0.286. The second-order valence-corrected chi connectivity index (χ2v) is 4.11. The van der Waals surface area contributed by atoms with E-state index >= 15 is 0 Å². The summed E-state index contributed by atoms with van der Waals surface area (Å²) in [7, 11) is 0. The minimum Gasteiger partial charge on any atom is -0.482 e. The first kappa shape index (κ1) is 15.5. The van der Waals surface area contributed by atoms with Crippen LogP contribution in [0.2, 0.25) is 0 Å². The van der Waals surface area contributed by atoms with Gasteiger partial charge in [-0.1, -0.05) is 19.1 Å². The van der Waals surface area contributed by atoms with Crippen molar-refractivity contribution in [2.75, 3.05) is 19.7 Å². The van der Waals surface area contributed by atoms with Gasteiger partial charge in [-0.25, -0.2) is 0 Å².